The van der Waals surface area contributed by atoms with Gasteiger partial charge in [-0.1, -0.05) is 31.4 Å². The van der Waals surface area contributed by atoms with E-state index in [2.05, 4.69) is 17.2 Å². The van der Waals surface area contributed by atoms with E-state index in [-0.39, 0.29) is 0 Å². The van der Waals surface area contributed by atoms with Crippen molar-refractivity contribution in [3.63, 3.8) is 0 Å². The lowest BCUT2D eigenvalue weighted by Gasteiger charge is -2.28. The van der Waals surface area contributed by atoms with Crippen LogP contribution in [0.25, 0.3) is 0 Å². The van der Waals surface area contributed by atoms with E-state index in [1.165, 1.54) is 38.5 Å². The molecule has 0 atom stereocenters. The van der Waals surface area contributed by atoms with Crippen molar-refractivity contribution >= 4 is 22.9 Å². The second kappa shape index (κ2) is 6.72. The Morgan fingerprint density at radius 3 is 2.76 bits per heavy atom. The van der Waals surface area contributed by atoms with Gasteiger partial charge in [0, 0.05) is 12.6 Å². The van der Waals surface area contributed by atoms with Gasteiger partial charge in [0.2, 0.25) is 0 Å². The van der Waals surface area contributed by atoms with Crippen molar-refractivity contribution in [2.75, 3.05) is 0 Å². The summed E-state index contributed by atoms with van der Waals surface area (Å²) >= 11 is 7.44. The number of nitrogens with zero attached hydrogens (tertiary/aromatic N) is 1. The van der Waals surface area contributed by atoms with E-state index in [4.69, 9.17) is 11.6 Å². The Bertz CT molecular complexity index is 332. The highest BCUT2D eigenvalue weighted by atomic mass is 35.5. The molecule has 1 aromatic heterocycles. The summed E-state index contributed by atoms with van der Waals surface area (Å²) in [6.45, 7) is 3.16. The van der Waals surface area contributed by atoms with E-state index < -0.39 is 0 Å². The molecule has 0 aliphatic heterocycles. The van der Waals surface area contributed by atoms with Crippen LogP contribution < -0.4 is 5.32 Å². The summed E-state index contributed by atoms with van der Waals surface area (Å²) in [5.41, 5.74) is 0. The van der Waals surface area contributed by atoms with Gasteiger partial charge in [-0.3, -0.25) is 0 Å². The Hall–Kier alpha value is -0.120. The first-order valence-electron chi connectivity index (χ1n) is 6.61. The number of rotatable bonds is 5. The molecule has 17 heavy (non-hydrogen) atoms. The third kappa shape index (κ3) is 4.23. The van der Waals surface area contributed by atoms with Crippen molar-refractivity contribution in [2.24, 2.45) is 5.92 Å². The van der Waals surface area contributed by atoms with Gasteiger partial charge >= 0.3 is 0 Å². The number of hydrogen-bond acceptors (Lipinski definition) is 3. The minimum atomic E-state index is 0.686. The van der Waals surface area contributed by atoms with E-state index in [1.807, 2.05) is 0 Å². The molecule has 4 heteroatoms. The van der Waals surface area contributed by atoms with Gasteiger partial charge in [-0.05, 0) is 31.6 Å². The van der Waals surface area contributed by atoms with Gasteiger partial charge in [-0.25, -0.2) is 4.98 Å². The fourth-order valence-electron chi connectivity index (χ4n) is 2.66. The molecule has 0 spiro atoms. The van der Waals surface area contributed by atoms with Crippen LogP contribution in [0.1, 0.15) is 50.5 Å². The van der Waals surface area contributed by atoms with Crippen molar-refractivity contribution in [3.8, 4) is 0 Å². The van der Waals surface area contributed by atoms with E-state index in [1.54, 1.807) is 17.5 Å². The quantitative estimate of drug-likeness (QED) is 0.867. The number of hydrogen-bond donors (Lipinski definition) is 1. The first-order chi connectivity index (χ1) is 8.28. The van der Waals surface area contributed by atoms with Crippen molar-refractivity contribution < 1.29 is 0 Å². The molecule has 1 N–H and O–H groups in total. The molecule has 0 radical (unpaired) electrons. The van der Waals surface area contributed by atoms with Crippen molar-refractivity contribution in [1.29, 1.82) is 0 Å². The average molecular weight is 273 g/mol. The summed E-state index contributed by atoms with van der Waals surface area (Å²) in [7, 11) is 0. The summed E-state index contributed by atoms with van der Waals surface area (Å²) in [5, 5.41) is 4.71. The SMILES string of the molecule is CCCC1CCC(NCc2ncc(Cl)s2)CC1. The zero-order valence-corrected chi connectivity index (χ0v) is 12.0. The van der Waals surface area contributed by atoms with Gasteiger partial charge in [0.25, 0.3) is 0 Å². The molecule has 1 aromatic rings. The Kier molecular flexibility index (Phi) is 5.26. The summed E-state index contributed by atoms with van der Waals surface area (Å²) in [4.78, 5) is 4.27. The van der Waals surface area contributed by atoms with Crippen LogP contribution in [0.2, 0.25) is 4.34 Å². The van der Waals surface area contributed by atoms with Crippen LogP contribution in [-0.2, 0) is 6.54 Å². The smallest absolute Gasteiger partial charge is 0.113 e. The summed E-state index contributed by atoms with van der Waals surface area (Å²) in [5.74, 6) is 0.979. The summed E-state index contributed by atoms with van der Waals surface area (Å²) in [6.07, 6.45) is 9.92. The minimum absolute atomic E-state index is 0.686. The number of nitrogens with one attached hydrogen (secondary N) is 1. The van der Waals surface area contributed by atoms with Crippen LogP contribution in [0.3, 0.4) is 0 Å². The zero-order chi connectivity index (χ0) is 12.1. The largest absolute Gasteiger partial charge is 0.308 e. The molecule has 96 valence electrons. The highest BCUT2D eigenvalue weighted by Gasteiger charge is 2.20. The maximum absolute atomic E-state index is 5.86. The molecule has 2 rings (SSSR count). The maximum Gasteiger partial charge on any atom is 0.113 e. The van der Waals surface area contributed by atoms with Crippen molar-refractivity contribution in [1.82, 2.24) is 10.3 Å². The third-order valence-corrected chi connectivity index (χ3v) is 4.73. The molecular weight excluding hydrogens is 252 g/mol. The van der Waals surface area contributed by atoms with Gasteiger partial charge in [0.15, 0.2) is 0 Å². The Morgan fingerprint density at radius 2 is 2.18 bits per heavy atom. The molecule has 0 saturated heterocycles. The van der Waals surface area contributed by atoms with Gasteiger partial charge in [-0.2, -0.15) is 0 Å². The maximum atomic E-state index is 5.86. The number of thiazole rings is 1. The number of aromatic nitrogens is 1. The second-order valence-electron chi connectivity index (χ2n) is 4.95. The molecule has 1 fully saturated rings. The Balaban J connectivity index is 1.68. The lowest BCUT2D eigenvalue weighted by atomic mass is 9.83. The van der Waals surface area contributed by atoms with E-state index in [0.29, 0.717) is 6.04 Å². The van der Waals surface area contributed by atoms with Crippen LogP contribution >= 0.6 is 22.9 Å². The van der Waals surface area contributed by atoms with E-state index >= 15 is 0 Å². The minimum Gasteiger partial charge on any atom is -0.308 e. The number of halogens is 1. The predicted molar refractivity (Wildman–Crippen MR) is 74.6 cm³/mol. The standard InChI is InChI=1S/C13H21ClN2S/c1-2-3-10-4-6-11(7-5-10)15-9-13-16-8-12(14)17-13/h8,10-11,15H,2-7,9H2,1H3. The highest BCUT2D eigenvalue weighted by molar-refractivity contribution is 7.15. The van der Waals surface area contributed by atoms with Crippen molar-refractivity contribution in [2.45, 2.75) is 58.0 Å². The highest BCUT2D eigenvalue weighted by Crippen LogP contribution is 2.28. The monoisotopic (exact) mass is 272 g/mol. The fraction of sp³-hybridized carbons (Fsp3) is 0.769. The molecule has 0 amide bonds. The molecule has 1 heterocycles. The van der Waals surface area contributed by atoms with Gasteiger partial charge in [-0.15, -0.1) is 11.3 Å². The molecule has 1 saturated carbocycles. The van der Waals surface area contributed by atoms with Gasteiger partial charge in [0.1, 0.15) is 9.34 Å². The first kappa shape index (κ1) is 13.3. The topological polar surface area (TPSA) is 24.9 Å². The molecule has 0 unspecified atom stereocenters. The van der Waals surface area contributed by atoms with Gasteiger partial charge in [0.05, 0.1) is 6.20 Å². The molecule has 2 nitrogen and oxygen atoms in total. The second-order valence-corrected chi connectivity index (χ2v) is 6.69. The van der Waals surface area contributed by atoms with E-state index in [9.17, 15) is 0 Å². The van der Waals surface area contributed by atoms with Crippen LogP contribution in [0.4, 0.5) is 0 Å². The van der Waals surface area contributed by atoms with Crippen LogP contribution in [-0.4, -0.2) is 11.0 Å². The van der Waals surface area contributed by atoms with E-state index in [0.717, 1.165) is 21.8 Å². The first-order valence-corrected chi connectivity index (χ1v) is 7.81. The van der Waals surface area contributed by atoms with Crippen LogP contribution in [0.15, 0.2) is 6.20 Å². The average Bonchev–Trinajstić information content (AvgIpc) is 2.75. The Morgan fingerprint density at radius 1 is 1.41 bits per heavy atom. The predicted octanol–water partition coefficient (Wildman–Crippen LogP) is 4.25. The third-order valence-electron chi connectivity index (χ3n) is 3.61. The Labute approximate surface area is 113 Å². The van der Waals surface area contributed by atoms with Crippen LogP contribution in [0.5, 0.6) is 0 Å². The summed E-state index contributed by atoms with van der Waals surface area (Å²) < 4.78 is 0.786. The van der Waals surface area contributed by atoms with Crippen LogP contribution in [0, 0.1) is 5.92 Å². The summed E-state index contributed by atoms with van der Waals surface area (Å²) in [6, 6.07) is 0.686. The lowest BCUT2D eigenvalue weighted by molar-refractivity contribution is 0.277. The normalized spacial score (nSPS) is 25.1. The molecule has 1 aliphatic carbocycles. The molecule has 1 aliphatic rings. The molecule has 0 bridgehead atoms. The van der Waals surface area contributed by atoms with Crippen molar-refractivity contribution in [3.05, 3.63) is 15.5 Å². The lowest BCUT2D eigenvalue weighted by Crippen LogP contribution is -2.32. The fourth-order valence-corrected chi connectivity index (χ4v) is 3.57. The molecular formula is C13H21ClN2S. The van der Waals surface area contributed by atoms with Gasteiger partial charge < -0.3 is 5.32 Å². The zero-order valence-electron chi connectivity index (χ0n) is 10.4. The molecule has 0 aromatic carbocycles.